The zero-order valence-electron chi connectivity index (χ0n) is 17.1. The Morgan fingerprint density at radius 1 is 1.06 bits per heavy atom. The average molecular weight is 440 g/mol. The molecule has 1 aromatic heterocycles. The van der Waals surface area contributed by atoms with E-state index in [1.54, 1.807) is 19.2 Å². The molecule has 0 aliphatic heterocycles. The van der Waals surface area contributed by atoms with Crippen LogP contribution in [0.1, 0.15) is 17.0 Å². The third-order valence-electron chi connectivity index (χ3n) is 5.00. The topological polar surface area (TPSA) is 59.2 Å². The molecule has 0 radical (unpaired) electrons. The first-order valence-corrected chi connectivity index (χ1v) is 10.4. The molecule has 0 saturated heterocycles. The lowest BCUT2D eigenvalue weighted by Crippen LogP contribution is -2.18. The van der Waals surface area contributed by atoms with Gasteiger partial charge in [0.2, 0.25) is 0 Å². The van der Waals surface area contributed by atoms with Crippen molar-refractivity contribution in [2.75, 3.05) is 13.7 Å². The second-order valence-corrected chi connectivity index (χ2v) is 7.47. The van der Waals surface area contributed by atoms with E-state index in [0.29, 0.717) is 28.6 Å². The molecule has 1 heterocycles. The first-order chi connectivity index (χ1) is 15.2. The predicted octanol–water partition coefficient (Wildman–Crippen LogP) is 5.28. The van der Waals surface area contributed by atoms with Crippen LogP contribution in [0, 0.1) is 5.82 Å². The monoisotopic (exact) mass is 439 g/mol. The van der Waals surface area contributed by atoms with Gasteiger partial charge in [0, 0.05) is 30.6 Å². The highest BCUT2D eigenvalue weighted by Gasteiger charge is 2.14. The number of fused-ring (bicyclic) bond motifs is 1. The third kappa shape index (κ3) is 4.98. The van der Waals surface area contributed by atoms with Gasteiger partial charge in [-0.2, -0.15) is 0 Å². The fourth-order valence-electron chi connectivity index (χ4n) is 3.39. The predicted molar refractivity (Wildman–Crippen MR) is 120 cm³/mol. The molecule has 0 amide bonds. The van der Waals surface area contributed by atoms with Gasteiger partial charge in [-0.15, -0.1) is 0 Å². The van der Waals surface area contributed by atoms with Crippen molar-refractivity contribution in [3.63, 3.8) is 0 Å². The molecule has 2 N–H and O–H groups in total. The van der Waals surface area contributed by atoms with Gasteiger partial charge >= 0.3 is 0 Å². The van der Waals surface area contributed by atoms with Crippen molar-refractivity contribution >= 4 is 22.6 Å². The summed E-state index contributed by atoms with van der Waals surface area (Å²) in [5.74, 6) is 1.70. The normalized spacial score (nSPS) is 11.1. The molecule has 0 aliphatic rings. The van der Waals surface area contributed by atoms with Crippen LogP contribution in [-0.2, 0) is 19.6 Å². The van der Waals surface area contributed by atoms with Gasteiger partial charge in [-0.25, -0.2) is 9.37 Å². The molecule has 0 saturated carbocycles. The van der Waals surface area contributed by atoms with Crippen LogP contribution in [-0.4, -0.2) is 23.6 Å². The molecule has 0 spiro atoms. The van der Waals surface area contributed by atoms with Gasteiger partial charge in [-0.1, -0.05) is 41.9 Å². The number of imidazole rings is 1. The van der Waals surface area contributed by atoms with E-state index in [1.165, 1.54) is 6.07 Å². The lowest BCUT2D eigenvalue weighted by atomic mass is 10.1. The molecule has 0 aliphatic carbocycles. The summed E-state index contributed by atoms with van der Waals surface area (Å²) >= 11 is 6.13. The van der Waals surface area contributed by atoms with Gasteiger partial charge in [0.1, 0.15) is 18.2 Å². The van der Waals surface area contributed by atoms with Gasteiger partial charge in [-0.3, -0.25) is 0 Å². The van der Waals surface area contributed by atoms with Crippen molar-refractivity contribution in [3.8, 4) is 11.5 Å². The molecule has 31 heavy (non-hydrogen) atoms. The molecule has 7 heteroatoms. The molecule has 3 aromatic carbocycles. The zero-order valence-corrected chi connectivity index (χ0v) is 17.9. The van der Waals surface area contributed by atoms with Gasteiger partial charge in [0.15, 0.2) is 11.5 Å². The number of ether oxygens (including phenoxy) is 2. The second kappa shape index (κ2) is 9.81. The number of rotatable bonds is 9. The number of hydrogen-bond acceptors (Lipinski definition) is 4. The first-order valence-electron chi connectivity index (χ1n) is 10.0. The third-order valence-corrected chi connectivity index (χ3v) is 5.35. The highest BCUT2D eigenvalue weighted by atomic mass is 35.5. The Bertz CT molecular complexity index is 1130. The Morgan fingerprint density at radius 2 is 1.90 bits per heavy atom. The maximum atomic E-state index is 14.1. The van der Waals surface area contributed by atoms with Crippen molar-refractivity contribution in [1.29, 1.82) is 0 Å². The molecule has 4 rings (SSSR count). The van der Waals surface area contributed by atoms with Crippen molar-refractivity contribution in [3.05, 3.63) is 88.5 Å². The number of nitrogens with one attached hydrogen (secondary N) is 2. The van der Waals surface area contributed by atoms with Gasteiger partial charge < -0.3 is 19.8 Å². The van der Waals surface area contributed by atoms with E-state index in [9.17, 15) is 4.39 Å². The van der Waals surface area contributed by atoms with Gasteiger partial charge in [0.05, 0.1) is 23.2 Å². The summed E-state index contributed by atoms with van der Waals surface area (Å²) in [6.45, 7) is 1.31. The Hall–Kier alpha value is -3.09. The van der Waals surface area contributed by atoms with Crippen molar-refractivity contribution in [2.45, 2.75) is 19.6 Å². The highest BCUT2D eigenvalue weighted by molar-refractivity contribution is 6.31. The fraction of sp³-hybridized carbons (Fsp3) is 0.208. The maximum absolute atomic E-state index is 14.1. The summed E-state index contributed by atoms with van der Waals surface area (Å²) in [6, 6.07) is 18.2. The van der Waals surface area contributed by atoms with Gasteiger partial charge in [-0.05, 0) is 30.3 Å². The van der Waals surface area contributed by atoms with Gasteiger partial charge in [0.25, 0.3) is 0 Å². The van der Waals surface area contributed by atoms with E-state index in [1.807, 2.05) is 42.5 Å². The molecule has 160 valence electrons. The van der Waals surface area contributed by atoms with Crippen LogP contribution in [0.3, 0.4) is 0 Å². The lowest BCUT2D eigenvalue weighted by molar-refractivity contribution is 0.276. The Balaban J connectivity index is 1.40. The van der Waals surface area contributed by atoms with E-state index in [2.05, 4.69) is 15.3 Å². The number of nitrogens with zero attached hydrogens (tertiary/aromatic N) is 1. The fourth-order valence-corrected chi connectivity index (χ4v) is 3.61. The van der Waals surface area contributed by atoms with Crippen LogP contribution >= 0.6 is 11.6 Å². The maximum Gasteiger partial charge on any atom is 0.166 e. The van der Waals surface area contributed by atoms with Crippen molar-refractivity contribution in [1.82, 2.24) is 15.3 Å². The number of benzene rings is 3. The Kier molecular flexibility index (Phi) is 6.70. The van der Waals surface area contributed by atoms with Crippen LogP contribution in [0.25, 0.3) is 11.0 Å². The van der Waals surface area contributed by atoms with Crippen LogP contribution in [0.2, 0.25) is 5.02 Å². The molecular weight excluding hydrogens is 417 g/mol. The molecule has 0 unspecified atom stereocenters. The largest absolute Gasteiger partial charge is 0.493 e. The van der Waals surface area contributed by atoms with Crippen molar-refractivity contribution < 1.29 is 13.9 Å². The molecular formula is C24H23ClFN3O2. The summed E-state index contributed by atoms with van der Waals surface area (Å²) in [4.78, 5) is 7.92. The number of aromatic nitrogens is 2. The molecule has 0 fully saturated rings. The number of H-pyrrole nitrogens is 1. The highest BCUT2D eigenvalue weighted by Crippen LogP contribution is 2.32. The summed E-state index contributed by atoms with van der Waals surface area (Å²) in [5, 5.41) is 3.75. The number of para-hydroxylation sites is 3. The van der Waals surface area contributed by atoms with Crippen LogP contribution in [0.5, 0.6) is 11.5 Å². The van der Waals surface area contributed by atoms with Crippen LogP contribution < -0.4 is 14.8 Å². The molecule has 5 nitrogen and oxygen atoms in total. The smallest absolute Gasteiger partial charge is 0.166 e. The minimum atomic E-state index is -0.395. The minimum Gasteiger partial charge on any atom is -0.493 e. The second-order valence-electron chi connectivity index (χ2n) is 7.06. The Morgan fingerprint density at radius 3 is 2.71 bits per heavy atom. The number of methoxy groups -OCH3 is 1. The molecule has 0 bridgehead atoms. The number of aromatic amines is 1. The van der Waals surface area contributed by atoms with E-state index in [4.69, 9.17) is 21.1 Å². The Labute approximate surface area is 185 Å². The quantitative estimate of drug-likeness (QED) is 0.348. The first kappa shape index (κ1) is 21.2. The van der Waals surface area contributed by atoms with E-state index >= 15 is 0 Å². The average Bonchev–Trinajstić information content (AvgIpc) is 3.19. The van der Waals surface area contributed by atoms with Crippen molar-refractivity contribution in [2.24, 2.45) is 0 Å². The molecule has 4 aromatic rings. The number of halogens is 2. The number of hydrogen-bond donors (Lipinski definition) is 2. The summed E-state index contributed by atoms with van der Waals surface area (Å²) in [5.41, 5.74) is 3.23. The van der Waals surface area contributed by atoms with E-state index < -0.39 is 5.82 Å². The minimum absolute atomic E-state index is 0.0118. The van der Waals surface area contributed by atoms with Crippen LogP contribution in [0.4, 0.5) is 4.39 Å². The lowest BCUT2D eigenvalue weighted by Gasteiger charge is -2.16. The van der Waals surface area contributed by atoms with Crippen LogP contribution in [0.15, 0.2) is 60.7 Å². The summed E-state index contributed by atoms with van der Waals surface area (Å²) in [7, 11) is 1.58. The SMILES string of the molecule is COc1cccc(CNCCc2nc3ccccc3[nH]2)c1OCc1c(F)cccc1Cl. The summed E-state index contributed by atoms with van der Waals surface area (Å²) in [6.07, 6.45) is 0.764. The van der Waals surface area contributed by atoms with E-state index in [-0.39, 0.29) is 6.61 Å². The standard InChI is InChI=1S/C24H23ClFN3O2/c1-30-22-11-4-6-16(24(22)31-15-17-18(25)7-5-8-19(17)26)14-27-13-12-23-28-20-9-2-3-10-21(20)29-23/h2-11,27H,12-15H2,1H3,(H,28,29). The zero-order chi connectivity index (χ0) is 21.6. The molecule has 0 atom stereocenters. The summed E-state index contributed by atoms with van der Waals surface area (Å²) < 4.78 is 25.5. The van der Waals surface area contributed by atoms with E-state index in [0.717, 1.165) is 35.4 Å².